The summed E-state index contributed by atoms with van der Waals surface area (Å²) < 4.78 is 4.77. The molecular weight excluding hydrogens is 336 g/mol. The van der Waals surface area contributed by atoms with E-state index >= 15 is 0 Å². The average Bonchev–Trinajstić information content (AvgIpc) is 2.35. The number of rotatable bonds is 5. The normalized spacial score (nSPS) is 10.2. The number of ether oxygens (including phenoxy) is 1. The molecule has 0 bridgehead atoms. The molecule has 0 saturated heterocycles. The fourth-order valence-electron chi connectivity index (χ4n) is 1.47. The van der Waals surface area contributed by atoms with Crippen molar-refractivity contribution in [1.82, 2.24) is 0 Å². The Morgan fingerprint density at radius 3 is 2.69 bits per heavy atom. The zero-order valence-corrected chi connectivity index (χ0v) is 12.3. The van der Waals surface area contributed by atoms with Crippen LogP contribution < -0.4 is 0 Å². The van der Waals surface area contributed by atoms with Crippen molar-refractivity contribution in [3.8, 4) is 0 Å². The molecule has 0 aliphatic carbocycles. The molecule has 0 spiro atoms. The van der Waals surface area contributed by atoms with Crippen molar-refractivity contribution >= 4 is 37.8 Å². The molecule has 0 aliphatic rings. The van der Waals surface area contributed by atoms with E-state index in [1.54, 1.807) is 0 Å². The van der Waals surface area contributed by atoms with Gasteiger partial charge in [0.05, 0.1) is 12.7 Å². The molecule has 0 atom stereocenters. The van der Waals surface area contributed by atoms with E-state index in [1.165, 1.54) is 12.7 Å². The van der Waals surface area contributed by atoms with Gasteiger partial charge >= 0.3 is 5.97 Å². The maximum absolute atomic E-state index is 11.6. The lowest BCUT2D eigenvalue weighted by atomic mass is 10.0. The minimum Gasteiger partial charge on any atom is -0.465 e. The first kappa shape index (κ1) is 13.7. The zero-order valence-electron chi connectivity index (χ0n) is 9.13. The van der Waals surface area contributed by atoms with Gasteiger partial charge in [0.1, 0.15) is 0 Å². The van der Waals surface area contributed by atoms with Gasteiger partial charge in [0.25, 0.3) is 0 Å². The second-order valence-corrected chi connectivity index (χ2v) is 4.76. The molecule has 0 aliphatic heterocycles. The lowest BCUT2D eigenvalue weighted by molar-refractivity contribution is 0.0599. The fourth-order valence-corrected chi connectivity index (χ4v) is 2.24. The minimum absolute atomic E-state index is 0.268. The van der Waals surface area contributed by atoms with Crippen LogP contribution in [-0.2, 0) is 16.5 Å². The summed E-state index contributed by atoms with van der Waals surface area (Å²) >= 11 is 6.76. The highest BCUT2D eigenvalue weighted by atomic mass is 79.9. The van der Waals surface area contributed by atoms with E-state index in [0.29, 0.717) is 10.9 Å². The minimum atomic E-state index is -0.268. The molecule has 0 radical (unpaired) electrons. The molecule has 0 N–H and O–H groups in total. The molecule has 88 valence electrons. The van der Waals surface area contributed by atoms with E-state index in [2.05, 4.69) is 37.9 Å². The third kappa shape index (κ3) is 3.59. The van der Waals surface area contributed by atoms with Gasteiger partial charge in [-0.3, -0.25) is 0 Å². The van der Waals surface area contributed by atoms with Crippen LogP contribution in [0.5, 0.6) is 0 Å². The van der Waals surface area contributed by atoms with Crippen molar-refractivity contribution in [3.63, 3.8) is 0 Å². The van der Waals surface area contributed by atoms with Gasteiger partial charge in [-0.1, -0.05) is 44.0 Å². The molecule has 2 nitrogen and oxygen atoms in total. The molecule has 1 rings (SSSR count). The second-order valence-electron chi connectivity index (χ2n) is 3.41. The first-order valence-electron chi connectivity index (χ1n) is 5.05. The predicted octanol–water partition coefficient (Wildman–Crippen LogP) is 3.70. The van der Waals surface area contributed by atoms with Gasteiger partial charge in [0.15, 0.2) is 0 Å². The topological polar surface area (TPSA) is 26.3 Å². The molecule has 16 heavy (non-hydrogen) atoms. The molecule has 0 saturated carbocycles. The highest BCUT2D eigenvalue weighted by Gasteiger charge is 2.11. The predicted molar refractivity (Wildman–Crippen MR) is 72.5 cm³/mol. The monoisotopic (exact) mass is 348 g/mol. The van der Waals surface area contributed by atoms with Gasteiger partial charge in [-0.25, -0.2) is 4.79 Å². The van der Waals surface area contributed by atoms with Gasteiger partial charge in [-0.15, -0.1) is 0 Å². The Morgan fingerprint density at radius 1 is 1.38 bits per heavy atom. The average molecular weight is 350 g/mol. The number of carbonyl (C=O) groups excluding carboxylic acids is 1. The van der Waals surface area contributed by atoms with Gasteiger partial charge in [0.2, 0.25) is 0 Å². The molecule has 4 heteroatoms. The van der Waals surface area contributed by atoms with Crippen LogP contribution in [0.1, 0.15) is 27.9 Å². The molecule has 0 amide bonds. The summed E-state index contributed by atoms with van der Waals surface area (Å²) in [5, 5.41) is 1.64. The molecule has 1 aromatic rings. The SMILES string of the molecule is COC(=O)c1cc(CCCBr)ccc1CBr. The third-order valence-electron chi connectivity index (χ3n) is 2.32. The highest BCUT2D eigenvalue weighted by molar-refractivity contribution is 9.09. The summed E-state index contributed by atoms with van der Waals surface area (Å²) in [6, 6.07) is 5.96. The van der Waals surface area contributed by atoms with Crippen LogP contribution >= 0.6 is 31.9 Å². The number of esters is 1. The van der Waals surface area contributed by atoms with Crippen LogP contribution in [0.3, 0.4) is 0 Å². The maximum Gasteiger partial charge on any atom is 0.338 e. The number of aryl methyl sites for hydroxylation is 1. The Balaban J connectivity index is 2.96. The van der Waals surface area contributed by atoms with E-state index in [9.17, 15) is 4.79 Å². The molecule has 0 aromatic heterocycles. The van der Waals surface area contributed by atoms with Crippen molar-refractivity contribution in [3.05, 3.63) is 34.9 Å². The maximum atomic E-state index is 11.6. The standard InChI is InChI=1S/C12H14Br2O2/c1-16-12(15)11-7-9(3-2-6-13)4-5-10(11)8-14/h4-5,7H,2-3,6,8H2,1H3. The van der Waals surface area contributed by atoms with E-state index in [4.69, 9.17) is 4.74 Å². The highest BCUT2D eigenvalue weighted by Crippen LogP contribution is 2.17. The second kappa shape index (κ2) is 7.07. The summed E-state index contributed by atoms with van der Waals surface area (Å²) in [6.45, 7) is 0. The summed E-state index contributed by atoms with van der Waals surface area (Å²) in [7, 11) is 1.41. The number of methoxy groups -OCH3 is 1. The molecule has 0 unspecified atom stereocenters. The van der Waals surface area contributed by atoms with Gasteiger partial charge in [-0.2, -0.15) is 0 Å². The van der Waals surface area contributed by atoms with Crippen molar-refractivity contribution in [2.24, 2.45) is 0 Å². The van der Waals surface area contributed by atoms with Gasteiger partial charge in [-0.05, 0) is 30.0 Å². The van der Waals surface area contributed by atoms with Crippen LogP contribution in [0.25, 0.3) is 0 Å². The summed E-state index contributed by atoms with van der Waals surface area (Å²) in [5.41, 5.74) is 2.80. The van der Waals surface area contributed by atoms with Gasteiger partial charge < -0.3 is 4.74 Å². The summed E-state index contributed by atoms with van der Waals surface area (Å²) in [4.78, 5) is 11.6. The Hall–Kier alpha value is -0.350. The fraction of sp³-hybridized carbons (Fsp3) is 0.417. The Labute approximate surface area is 113 Å². The van der Waals surface area contributed by atoms with Crippen LogP contribution in [0.2, 0.25) is 0 Å². The lowest BCUT2D eigenvalue weighted by Gasteiger charge is -2.08. The number of halogens is 2. The zero-order chi connectivity index (χ0) is 12.0. The van der Waals surface area contributed by atoms with E-state index in [1.807, 2.05) is 12.1 Å². The first-order chi connectivity index (χ1) is 7.72. The van der Waals surface area contributed by atoms with Crippen molar-refractivity contribution in [2.45, 2.75) is 18.2 Å². The third-order valence-corrected chi connectivity index (χ3v) is 3.49. The molecular formula is C12H14Br2O2. The smallest absolute Gasteiger partial charge is 0.338 e. The van der Waals surface area contributed by atoms with E-state index in [-0.39, 0.29) is 5.97 Å². The summed E-state index contributed by atoms with van der Waals surface area (Å²) in [5.74, 6) is -0.268. The first-order valence-corrected chi connectivity index (χ1v) is 7.29. The lowest BCUT2D eigenvalue weighted by Crippen LogP contribution is -2.06. The molecule has 0 fully saturated rings. The number of hydrogen-bond donors (Lipinski definition) is 0. The Bertz CT molecular complexity index is 364. The van der Waals surface area contributed by atoms with Crippen LogP contribution in [0.15, 0.2) is 18.2 Å². The Kier molecular flexibility index (Phi) is 6.06. The Morgan fingerprint density at radius 2 is 2.12 bits per heavy atom. The van der Waals surface area contributed by atoms with Crippen LogP contribution in [-0.4, -0.2) is 18.4 Å². The van der Waals surface area contributed by atoms with Crippen molar-refractivity contribution in [1.29, 1.82) is 0 Å². The largest absolute Gasteiger partial charge is 0.465 e. The number of carbonyl (C=O) groups is 1. The van der Waals surface area contributed by atoms with E-state index < -0.39 is 0 Å². The van der Waals surface area contributed by atoms with Crippen LogP contribution in [0.4, 0.5) is 0 Å². The molecule has 0 heterocycles. The summed E-state index contributed by atoms with van der Waals surface area (Å²) in [6.07, 6.45) is 2.03. The number of benzene rings is 1. The number of hydrogen-bond acceptors (Lipinski definition) is 2. The quantitative estimate of drug-likeness (QED) is 0.598. The van der Waals surface area contributed by atoms with E-state index in [0.717, 1.165) is 23.7 Å². The van der Waals surface area contributed by atoms with Crippen molar-refractivity contribution < 1.29 is 9.53 Å². The molecule has 1 aromatic carbocycles. The van der Waals surface area contributed by atoms with Crippen LogP contribution in [0, 0.1) is 0 Å². The number of alkyl halides is 2. The van der Waals surface area contributed by atoms with Gasteiger partial charge in [0, 0.05) is 10.7 Å². The van der Waals surface area contributed by atoms with Crippen molar-refractivity contribution in [2.75, 3.05) is 12.4 Å².